The number of ether oxygens (including phenoxy) is 2. The van der Waals surface area contributed by atoms with Crippen molar-refractivity contribution in [2.45, 2.75) is 76.7 Å². The fraction of sp³-hybridized carbons (Fsp3) is 0.516. The standard InChI is InChI=1S/C31H40N2O4/c1-36-29(34)19-18-24-14-5-6-15-25(24)21-26-16-7-8-17-27(26)31-33-28(22-37-31)30(35)32-20-10-9-13-23-11-3-2-4-12-23/h5-8,14-17,23,28H,2-4,9-13,18-22H2,1H3,(H,32,35). The summed E-state index contributed by atoms with van der Waals surface area (Å²) in [6.07, 6.45) is 12.1. The van der Waals surface area contributed by atoms with Crippen molar-refractivity contribution >= 4 is 17.8 Å². The second-order valence-corrected chi connectivity index (χ2v) is 10.2. The van der Waals surface area contributed by atoms with E-state index in [9.17, 15) is 9.59 Å². The van der Waals surface area contributed by atoms with E-state index in [1.807, 2.05) is 30.3 Å². The lowest BCUT2D eigenvalue weighted by atomic mass is 9.86. The SMILES string of the molecule is COC(=O)CCc1ccccc1Cc1ccccc1C1=NC(C(=O)NCCCCC2CCCCC2)CO1. The number of methoxy groups -OCH3 is 1. The van der Waals surface area contributed by atoms with Crippen molar-refractivity contribution in [1.29, 1.82) is 0 Å². The van der Waals surface area contributed by atoms with Crippen LogP contribution in [0, 0.1) is 5.92 Å². The first-order valence-corrected chi connectivity index (χ1v) is 13.8. The van der Waals surface area contributed by atoms with E-state index in [0.717, 1.165) is 34.6 Å². The molecule has 1 aliphatic carbocycles. The van der Waals surface area contributed by atoms with Crippen molar-refractivity contribution in [1.82, 2.24) is 5.32 Å². The van der Waals surface area contributed by atoms with Crippen LogP contribution in [0.1, 0.15) is 80.0 Å². The summed E-state index contributed by atoms with van der Waals surface area (Å²) < 4.78 is 10.7. The number of nitrogens with one attached hydrogen (secondary N) is 1. The van der Waals surface area contributed by atoms with Crippen LogP contribution in [-0.4, -0.2) is 44.1 Å². The quantitative estimate of drug-likeness (QED) is 0.310. The van der Waals surface area contributed by atoms with Crippen LogP contribution in [-0.2, 0) is 31.9 Å². The van der Waals surface area contributed by atoms with Gasteiger partial charge in [0, 0.05) is 18.5 Å². The maximum Gasteiger partial charge on any atom is 0.305 e. The summed E-state index contributed by atoms with van der Waals surface area (Å²) in [7, 11) is 1.42. The molecule has 2 aromatic carbocycles. The minimum Gasteiger partial charge on any atom is -0.475 e. The molecule has 4 rings (SSSR count). The Balaban J connectivity index is 1.32. The number of hydrogen-bond donors (Lipinski definition) is 1. The second kappa shape index (κ2) is 14.0. The number of esters is 1. The molecule has 6 nitrogen and oxygen atoms in total. The Morgan fingerprint density at radius 1 is 0.973 bits per heavy atom. The molecule has 1 atom stereocenters. The third kappa shape index (κ3) is 7.91. The van der Waals surface area contributed by atoms with E-state index in [-0.39, 0.29) is 18.5 Å². The van der Waals surface area contributed by atoms with E-state index in [2.05, 4.69) is 28.5 Å². The van der Waals surface area contributed by atoms with E-state index in [4.69, 9.17) is 9.47 Å². The number of aliphatic imine (C=N–C) groups is 1. The van der Waals surface area contributed by atoms with Gasteiger partial charge in [0.1, 0.15) is 6.61 Å². The molecule has 198 valence electrons. The number of carbonyl (C=O) groups is 2. The molecule has 1 heterocycles. The minimum atomic E-state index is -0.506. The van der Waals surface area contributed by atoms with E-state index in [0.29, 0.717) is 31.7 Å². The van der Waals surface area contributed by atoms with Crippen LogP contribution < -0.4 is 5.32 Å². The highest BCUT2D eigenvalue weighted by atomic mass is 16.5. The average Bonchev–Trinajstić information content (AvgIpc) is 3.43. The number of unbranched alkanes of at least 4 members (excludes halogenated alkanes) is 1. The molecule has 0 radical (unpaired) electrons. The van der Waals surface area contributed by atoms with E-state index in [1.165, 1.54) is 52.1 Å². The lowest BCUT2D eigenvalue weighted by molar-refractivity contribution is -0.140. The first kappa shape index (κ1) is 26.9. The van der Waals surface area contributed by atoms with Gasteiger partial charge in [-0.2, -0.15) is 0 Å². The Bertz CT molecular complexity index is 1070. The number of rotatable bonds is 12. The molecule has 1 unspecified atom stereocenters. The lowest BCUT2D eigenvalue weighted by Gasteiger charge is -2.21. The van der Waals surface area contributed by atoms with Crippen molar-refractivity contribution in [2.75, 3.05) is 20.3 Å². The molecule has 0 spiro atoms. The van der Waals surface area contributed by atoms with Gasteiger partial charge in [0.05, 0.1) is 7.11 Å². The highest BCUT2D eigenvalue weighted by Crippen LogP contribution is 2.27. The maximum absolute atomic E-state index is 12.7. The summed E-state index contributed by atoms with van der Waals surface area (Å²) in [6, 6.07) is 15.7. The number of benzene rings is 2. The van der Waals surface area contributed by atoms with Crippen LogP contribution in [0.15, 0.2) is 53.5 Å². The summed E-state index contributed by atoms with van der Waals surface area (Å²) in [4.78, 5) is 29.0. The van der Waals surface area contributed by atoms with E-state index in [1.54, 1.807) is 0 Å². The van der Waals surface area contributed by atoms with Crippen LogP contribution in [0.5, 0.6) is 0 Å². The number of aryl methyl sites for hydroxylation is 1. The highest BCUT2D eigenvalue weighted by molar-refractivity contribution is 5.99. The average molecular weight is 505 g/mol. The predicted octanol–water partition coefficient (Wildman–Crippen LogP) is 5.40. The van der Waals surface area contributed by atoms with Gasteiger partial charge >= 0.3 is 5.97 Å². The largest absolute Gasteiger partial charge is 0.475 e. The maximum atomic E-state index is 12.7. The zero-order chi connectivity index (χ0) is 25.9. The van der Waals surface area contributed by atoms with Crippen molar-refractivity contribution in [3.05, 3.63) is 70.8 Å². The summed E-state index contributed by atoms with van der Waals surface area (Å²) in [5.74, 6) is 1.15. The third-order valence-corrected chi connectivity index (χ3v) is 7.59. The zero-order valence-electron chi connectivity index (χ0n) is 22.0. The predicted molar refractivity (Wildman–Crippen MR) is 146 cm³/mol. The summed E-state index contributed by atoms with van der Waals surface area (Å²) in [5.41, 5.74) is 4.27. The molecule has 0 saturated heterocycles. The van der Waals surface area contributed by atoms with Crippen LogP contribution >= 0.6 is 0 Å². The van der Waals surface area contributed by atoms with Gasteiger partial charge in [-0.25, -0.2) is 4.99 Å². The van der Waals surface area contributed by atoms with Crippen LogP contribution in [0.4, 0.5) is 0 Å². The molecule has 1 saturated carbocycles. The molecule has 37 heavy (non-hydrogen) atoms. The molecule has 1 aliphatic heterocycles. The van der Waals surface area contributed by atoms with Gasteiger partial charge in [-0.3, -0.25) is 9.59 Å². The molecule has 6 heteroatoms. The summed E-state index contributed by atoms with van der Waals surface area (Å²) >= 11 is 0. The highest BCUT2D eigenvalue weighted by Gasteiger charge is 2.27. The molecule has 1 amide bonds. The number of amides is 1. The second-order valence-electron chi connectivity index (χ2n) is 10.2. The van der Waals surface area contributed by atoms with Crippen LogP contribution in [0.3, 0.4) is 0 Å². The van der Waals surface area contributed by atoms with Crippen molar-refractivity contribution in [3.63, 3.8) is 0 Å². The van der Waals surface area contributed by atoms with Gasteiger partial charge in [-0.05, 0) is 47.9 Å². The van der Waals surface area contributed by atoms with Gasteiger partial charge < -0.3 is 14.8 Å². The molecule has 2 aromatic rings. The molecule has 1 fully saturated rings. The van der Waals surface area contributed by atoms with Gasteiger partial charge in [0.15, 0.2) is 6.04 Å². The number of nitrogens with zero attached hydrogens (tertiary/aromatic N) is 1. The third-order valence-electron chi connectivity index (χ3n) is 7.59. The Hall–Kier alpha value is -3.15. The summed E-state index contributed by atoms with van der Waals surface area (Å²) in [6.45, 7) is 0.971. The van der Waals surface area contributed by atoms with Gasteiger partial charge in [-0.1, -0.05) is 87.4 Å². The molecule has 0 aromatic heterocycles. The topological polar surface area (TPSA) is 77.0 Å². The Kier molecular flexibility index (Phi) is 10.2. The van der Waals surface area contributed by atoms with E-state index >= 15 is 0 Å². The Labute approximate surface area is 220 Å². The molecular weight excluding hydrogens is 464 g/mol. The molecular formula is C31H40N2O4. The minimum absolute atomic E-state index is 0.0571. The van der Waals surface area contributed by atoms with Crippen molar-refractivity contribution in [2.24, 2.45) is 10.9 Å². The fourth-order valence-electron chi connectivity index (χ4n) is 5.42. The molecule has 2 aliphatic rings. The summed E-state index contributed by atoms with van der Waals surface area (Å²) in [5, 5.41) is 3.06. The lowest BCUT2D eigenvalue weighted by Crippen LogP contribution is -2.34. The van der Waals surface area contributed by atoms with Gasteiger partial charge in [0.25, 0.3) is 0 Å². The monoisotopic (exact) mass is 504 g/mol. The first-order valence-electron chi connectivity index (χ1n) is 13.8. The molecule has 0 bridgehead atoms. The first-order chi connectivity index (χ1) is 18.1. The van der Waals surface area contributed by atoms with Gasteiger partial charge in [0.2, 0.25) is 11.8 Å². The van der Waals surface area contributed by atoms with Crippen molar-refractivity contribution < 1.29 is 19.1 Å². The zero-order valence-corrected chi connectivity index (χ0v) is 22.0. The van der Waals surface area contributed by atoms with Crippen molar-refractivity contribution in [3.8, 4) is 0 Å². The van der Waals surface area contributed by atoms with Crippen LogP contribution in [0.2, 0.25) is 0 Å². The fourth-order valence-corrected chi connectivity index (χ4v) is 5.42. The van der Waals surface area contributed by atoms with Gasteiger partial charge in [-0.15, -0.1) is 0 Å². The smallest absolute Gasteiger partial charge is 0.305 e. The Morgan fingerprint density at radius 3 is 2.49 bits per heavy atom. The number of hydrogen-bond acceptors (Lipinski definition) is 5. The van der Waals surface area contributed by atoms with E-state index < -0.39 is 6.04 Å². The Morgan fingerprint density at radius 2 is 1.70 bits per heavy atom. The number of carbonyl (C=O) groups excluding carboxylic acids is 2. The normalized spacial score (nSPS) is 17.6. The molecule has 1 N–H and O–H groups in total. The van der Waals surface area contributed by atoms with Crippen LogP contribution in [0.25, 0.3) is 0 Å².